The van der Waals surface area contributed by atoms with Crippen LogP contribution in [0.5, 0.6) is 0 Å². The molecule has 0 aromatic heterocycles. The fourth-order valence-electron chi connectivity index (χ4n) is 3.45. The van der Waals surface area contributed by atoms with Crippen molar-refractivity contribution in [3.8, 4) is 0 Å². The van der Waals surface area contributed by atoms with Gasteiger partial charge in [0, 0.05) is 22.6 Å². The van der Waals surface area contributed by atoms with E-state index in [2.05, 4.69) is 5.32 Å². The Morgan fingerprint density at radius 1 is 1.00 bits per heavy atom. The largest absolute Gasteiger partial charge is 0.352 e. The van der Waals surface area contributed by atoms with Gasteiger partial charge >= 0.3 is 0 Å². The summed E-state index contributed by atoms with van der Waals surface area (Å²) in [7, 11) is 0. The van der Waals surface area contributed by atoms with Gasteiger partial charge in [0.05, 0.1) is 6.42 Å². The smallest absolute Gasteiger partial charge is 0.243 e. The number of halogens is 2. The second-order valence-electron chi connectivity index (χ2n) is 8.11. The molecule has 0 fully saturated rings. The second kappa shape index (κ2) is 11.5. The zero-order valence-electron chi connectivity index (χ0n) is 19.0. The Morgan fingerprint density at radius 3 is 2.32 bits per heavy atom. The molecule has 0 aliphatic carbocycles. The Hall–Kier alpha value is -2.04. The lowest BCUT2D eigenvalue weighted by Gasteiger charge is -2.32. The lowest BCUT2D eigenvalue weighted by atomic mass is 10.0. The summed E-state index contributed by atoms with van der Waals surface area (Å²) in [4.78, 5) is 28.2. The number of hydrogen-bond donors (Lipinski definition) is 1. The summed E-state index contributed by atoms with van der Waals surface area (Å²) in [5.74, 6) is -0.248. The predicted molar refractivity (Wildman–Crippen MR) is 129 cm³/mol. The van der Waals surface area contributed by atoms with Crippen LogP contribution in [0.3, 0.4) is 0 Å². The van der Waals surface area contributed by atoms with E-state index in [1.165, 1.54) is 0 Å². The van der Waals surface area contributed by atoms with Crippen LogP contribution in [0.2, 0.25) is 10.0 Å². The van der Waals surface area contributed by atoms with Crippen molar-refractivity contribution in [3.05, 3.63) is 68.7 Å². The second-order valence-corrected chi connectivity index (χ2v) is 8.95. The average molecular weight is 463 g/mol. The van der Waals surface area contributed by atoms with Crippen LogP contribution in [0.1, 0.15) is 55.9 Å². The summed E-state index contributed by atoms with van der Waals surface area (Å²) in [5, 5.41) is 4.03. The van der Waals surface area contributed by atoms with Crippen LogP contribution < -0.4 is 5.32 Å². The molecule has 4 nitrogen and oxygen atoms in total. The molecule has 0 spiro atoms. The highest BCUT2D eigenvalue weighted by Gasteiger charge is 2.30. The van der Waals surface area contributed by atoms with Crippen LogP contribution >= 0.6 is 23.2 Å². The summed E-state index contributed by atoms with van der Waals surface area (Å²) in [6, 6.07) is 10.7. The van der Waals surface area contributed by atoms with Gasteiger partial charge in [-0.2, -0.15) is 0 Å². The lowest BCUT2D eigenvalue weighted by molar-refractivity contribution is -0.141. The van der Waals surface area contributed by atoms with Gasteiger partial charge in [-0.1, -0.05) is 66.9 Å². The van der Waals surface area contributed by atoms with Gasteiger partial charge in [0.15, 0.2) is 0 Å². The molecule has 2 atom stereocenters. The molecule has 2 rings (SSSR count). The van der Waals surface area contributed by atoms with E-state index in [1.54, 1.807) is 17.0 Å². The summed E-state index contributed by atoms with van der Waals surface area (Å²) in [6.45, 7) is 10.1. The predicted octanol–water partition coefficient (Wildman–Crippen LogP) is 5.87. The third-order valence-corrected chi connectivity index (χ3v) is 6.18. The molecule has 1 N–H and O–H groups in total. The van der Waals surface area contributed by atoms with E-state index in [-0.39, 0.29) is 30.8 Å². The van der Waals surface area contributed by atoms with Gasteiger partial charge in [-0.15, -0.1) is 0 Å². The molecule has 2 aromatic rings. The molecule has 0 heterocycles. The van der Waals surface area contributed by atoms with Crippen molar-refractivity contribution in [2.75, 3.05) is 0 Å². The SMILES string of the molecule is CC[C@H](C)NC(=O)[C@H](CC)N(Cc1ccc(Cl)cc1Cl)C(=O)Cc1cc(C)ccc1C. The van der Waals surface area contributed by atoms with Crippen molar-refractivity contribution >= 4 is 35.0 Å². The Labute approximate surface area is 195 Å². The molecular weight excluding hydrogens is 431 g/mol. The number of carbonyl (C=O) groups excluding carboxylic acids is 2. The molecule has 0 aliphatic rings. The minimum Gasteiger partial charge on any atom is -0.352 e. The number of amides is 2. The third kappa shape index (κ3) is 6.98. The van der Waals surface area contributed by atoms with Gasteiger partial charge in [0.1, 0.15) is 6.04 Å². The Morgan fingerprint density at radius 2 is 1.71 bits per heavy atom. The number of benzene rings is 2. The molecule has 0 radical (unpaired) electrons. The summed E-state index contributed by atoms with van der Waals surface area (Å²) in [5.41, 5.74) is 3.88. The zero-order valence-corrected chi connectivity index (χ0v) is 20.5. The molecule has 0 saturated carbocycles. The minimum atomic E-state index is -0.585. The summed E-state index contributed by atoms with van der Waals surface area (Å²) < 4.78 is 0. The number of hydrogen-bond acceptors (Lipinski definition) is 2. The molecule has 0 unspecified atom stereocenters. The Kier molecular flexibility index (Phi) is 9.39. The van der Waals surface area contributed by atoms with Crippen LogP contribution in [-0.4, -0.2) is 28.8 Å². The molecule has 6 heteroatoms. The highest BCUT2D eigenvalue weighted by Crippen LogP contribution is 2.24. The van der Waals surface area contributed by atoms with E-state index in [4.69, 9.17) is 23.2 Å². The fraction of sp³-hybridized carbons (Fsp3) is 0.440. The highest BCUT2D eigenvalue weighted by atomic mass is 35.5. The van der Waals surface area contributed by atoms with Crippen LogP contribution in [0.25, 0.3) is 0 Å². The van der Waals surface area contributed by atoms with Crippen molar-refractivity contribution in [2.45, 2.75) is 72.5 Å². The van der Waals surface area contributed by atoms with Crippen molar-refractivity contribution in [3.63, 3.8) is 0 Å². The molecule has 0 saturated heterocycles. The lowest BCUT2D eigenvalue weighted by Crippen LogP contribution is -2.51. The van der Waals surface area contributed by atoms with Crippen molar-refractivity contribution in [1.29, 1.82) is 0 Å². The van der Waals surface area contributed by atoms with Crippen LogP contribution in [0.15, 0.2) is 36.4 Å². The molecule has 2 aromatic carbocycles. The van der Waals surface area contributed by atoms with Crippen LogP contribution in [-0.2, 0) is 22.6 Å². The number of carbonyl (C=O) groups is 2. The summed E-state index contributed by atoms with van der Waals surface area (Å²) in [6.07, 6.45) is 1.56. The normalized spacial score (nSPS) is 12.9. The van der Waals surface area contributed by atoms with Gasteiger partial charge in [0.2, 0.25) is 11.8 Å². The minimum absolute atomic E-state index is 0.0386. The topological polar surface area (TPSA) is 49.4 Å². The first-order chi connectivity index (χ1) is 14.7. The van der Waals surface area contributed by atoms with E-state index in [1.807, 2.05) is 58.9 Å². The Balaban J connectivity index is 2.38. The first kappa shape index (κ1) is 25.2. The fourth-order valence-corrected chi connectivity index (χ4v) is 3.92. The molecule has 31 heavy (non-hydrogen) atoms. The first-order valence-electron chi connectivity index (χ1n) is 10.8. The maximum atomic E-state index is 13.5. The zero-order chi connectivity index (χ0) is 23.1. The number of nitrogens with zero attached hydrogens (tertiary/aromatic N) is 1. The standard InChI is InChI=1S/C25H32Cl2N2O2/c1-6-18(5)28-25(31)23(7-2)29(15-19-10-11-21(26)14-22(19)27)24(30)13-20-12-16(3)8-9-17(20)4/h8-12,14,18,23H,6-7,13,15H2,1-5H3,(H,28,31)/t18-,23-/m0/s1. The molecular formula is C25H32Cl2N2O2. The number of rotatable bonds is 9. The monoisotopic (exact) mass is 462 g/mol. The van der Waals surface area contributed by atoms with Crippen molar-refractivity contribution in [2.24, 2.45) is 0 Å². The maximum Gasteiger partial charge on any atom is 0.243 e. The molecule has 168 valence electrons. The van der Waals surface area contributed by atoms with E-state index in [0.29, 0.717) is 16.5 Å². The van der Waals surface area contributed by atoms with Crippen molar-refractivity contribution in [1.82, 2.24) is 10.2 Å². The average Bonchev–Trinajstić information content (AvgIpc) is 2.71. The van der Waals surface area contributed by atoms with E-state index >= 15 is 0 Å². The van der Waals surface area contributed by atoms with Gasteiger partial charge in [0.25, 0.3) is 0 Å². The molecule has 0 bridgehead atoms. The first-order valence-corrected chi connectivity index (χ1v) is 11.5. The number of nitrogens with one attached hydrogen (secondary N) is 1. The highest BCUT2D eigenvalue weighted by molar-refractivity contribution is 6.35. The van der Waals surface area contributed by atoms with Crippen molar-refractivity contribution < 1.29 is 9.59 Å². The maximum absolute atomic E-state index is 13.5. The third-order valence-electron chi connectivity index (χ3n) is 5.59. The quantitative estimate of drug-likeness (QED) is 0.505. The van der Waals surface area contributed by atoms with E-state index in [9.17, 15) is 9.59 Å². The van der Waals surface area contributed by atoms with E-state index in [0.717, 1.165) is 28.7 Å². The van der Waals surface area contributed by atoms with Crippen LogP contribution in [0, 0.1) is 13.8 Å². The molecule has 2 amide bonds. The van der Waals surface area contributed by atoms with Gasteiger partial charge < -0.3 is 10.2 Å². The number of aryl methyl sites for hydroxylation is 2. The summed E-state index contributed by atoms with van der Waals surface area (Å²) >= 11 is 12.4. The van der Waals surface area contributed by atoms with Gasteiger partial charge in [-0.25, -0.2) is 0 Å². The van der Waals surface area contributed by atoms with E-state index < -0.39 is 6.04 Å². The Bertz CT molecular complexity index is 930. The van der Waals surface area contributed by atoms with Gasteiger partial charge in [-0.3, -0.25) is 9.59 Å². The van der Waals surface area contributed by atoms with Gasteiger partial charge in [-0.05, 0) is 62.4 Å². The van der Waals surface area contributed by atoms with Crippen LogP contribution in [0.4, 0.5) is 0 Å². The molecule has 0 aliphatic heterocycles.